The van der Waals surface area contributed by atoms with Gasteiger partial charge >= 0.3 is 0 Å². The molecule has 0 spiro atoms. The van der Waals surface area contributed by atoms with Crippen LogP contribution >= 0.6 is 15.9 Å². The lowest BCUT2D eigenvalue weighted by molar-refractivity contribution is 0.638. The van der Waals surface area contributed by atoms with Crippen LogP contribution in [-0.4, -0.2) is 14.8 Å². The number of rotatable bonds is 3. The summed E-state index contributed by atoms with van der Waals surface area (Å²) in [6, 6.07) is 4.00. The number of nitrogens with zero attached hydrogens (tertiary/aromatic N) is 3. The molecule has 0 aliphatic carbocycles. The summed E-state index contributed by atoms with van der Waals surface area (Å²) in [5.41, 5.74) is 9.35. The second-order valence-corrected chi connectivity index (χ2v) is 5.06. The van der Waals surface area contributed by atoms with E-state index in [0.717, 1.165) is 27.8 Å². The summed E-state index contributed by atoms with van der Waals surface area (Å²) in [6.45, 7) is 1.98. The molecule has 17 heavy (non-hydrogen) atoms. The van der Waals surface area contributed by atoms with Gasteiger partial charge in [-0.2, -0.15) is 5.10 Å². The standard InChI is InChI=1S/C12H15BrN4/c1-8-3-11(17(2)16-8)5-12(14)9-4-10(13)7-15-6-9/h3-4,6-7,12H,5,14H2,1-2H3. The van der Waals surface area contributed by atoms with Crippen LogP contribution in [0.2, 0.25) is 0 Å². The van der Waals surface area contributed by atoms with Crippen molar-refractivity contribution in [2.75, 3.05) is 0 Å². The van der Waals surface area contributed by atoms with Crippen molar-refractivity contribution in [1.82, 2.24) is 14.8 Å². The van der Waals surface area contributed by atoms with Crippen molar-refractivity contribution in [2.24, 2.45) is 12.8 Å². The van der Waals surface area contributed by atoms with Crippen LogP contribution in [0.1, 0.15) is 23.0 Å². The Kier molecular flexibility index (Phi) is 3.59. The lowest BCUT2D eigenvalue weighted by Crippen LogP contribution is -2.15. The molecule has 0 aliphatic heterocycles. The second kappa shape index (κ2) is 4.98. The van der Waals surface area contributed by atoms with Gasteiger partial charge in [-0.25, -0.2) is 0 Å². The minimum Gasteiger partial charge on any atom is -0.324 e. The summed E-state index contributed by atoms with van der Waals surface area (Å²) in [6.07, 6.45) is 4.32. The van der Waals surface area contributed by atoms with Gasteiger partial charge in [0.2, 0.25) is 0 Å². The lowest BCUT2D eigenvalue weighted by Gasteiger charge is -2.11. The highest BCUT2D eigenvalue weighted by molar-refractivity contribution is 9.10. The second-order valence-electron chi connectivity index (χ2n) is 4.15. The largest absolute Gasteiger partial charge is 0.324 e. The number of aryl methyl sites for hydroxylation is 2. The Morgan fingerprint density at radius 1 is 1.41 bits per heavy atom. The number of aromatic nitrogens is 3. The minimum absolute atomic E-state index is 0.0604. The number of pyridine rings is 1. The Morgan fingerprint density at radius 3 is 2.76 bits per heavy atom. The first-order valence-corrected chi connectivity index (χ1v) is 6.21. The molecule has 2 aromatic heterocycles. The van der Waals surface area contributed by atoms with Gasteiger partial charge in [0.15, 0.2) is 0 Å². The zero-order valence-electron chi connectivity index (χ0n) is 9.89. The first-order valence-electron chi connectivity index (χ1n) is 5.42. The SMILES string of the molecule is Cc1cc(CC(N)c2cncc(Br)c2)n(C)n1. The van der Waals surface area contributed by atoms with Crippen LogP contribution < -0.4 is 5.73 Å². The van der Waals surface area contributed by atoms with Gasteiger partial charge in [0.1, 0.15) is 0 Å². The van der Waals surface area contributed by atoms with E-state index < -0.39 is 0 Å². The summed E-state index contributed by atoms with van der Waals surface area (Å²) in [4.78, 5) is 4.13. The van der Waals surface area contributed by atoms with Crippen molar-refractivity contribution in [3.8, 4) is 0 Å². The molecular formula is C12H15BrN4. The molecule has 0 saturated carbocycles. The predicted octanol–water partition coefficient (Wildman–Crippen LogP) is 2.13. The van der Waals surface area contributed by atoms with Crippen LogP contribution in [-0.2, 0) is 13.5 Å². The lowest BCUT2D eigenvalue weighted by atomic mass is 10.0. The van der Waals surface area contributed by atoms with Gasteiger partial charge in [0.05, 0.1) is 5.69 Å². The number of hydrogen-bond donors (Lipinski definition) is 1. The zero-order valence-corrected chi connectivity index (χ0v) is 11.5. The van der Waals surface area contributed by atoms with E-state index in [1.807, 2.05) is 24.7 Å². The van der Waals surface area contributed by atoms with Gasteiger partial charge in [0.25, 0.3) is 0 Å². The molecule has 0 radical (unpaired) electrons. The van der Waals surface area contributed by atoms with Crippen molar-refractivity contribution in [3.05, 3.63) is 46.0 Å². The number of hydrogen-bond acceptors (Lipinski definition) is 3. The summed E-state index contributed by atoms with van der Waals surface area (Å²) >= 11 is 3.40. The summed E-state index contributed by atoms with van der Waals surface area (Å²) in [7, 11) is 1.94. The van der Waals surface area contributed by atoms with Gasteiger partial charge in [-0.05, 0) is 40.5 Å². The van der Waals surface area contributed by atoms with Crippen LogP contribution in [0.4, 0.5) is 0 Å². The molecule has 2 heterocycles. The highest BCUT2D eigenvalue weighted by atomic mass is 79.9. The smallest absolute Gasteiger partial charge is 0.0596 e. The maximum absolute atomic E-state index is 6.17. The molecule has 1 unspecified atom stereocenters. The van der Waals surface area contributed by atoms with E-state index in [9.17, 15) is 0 Å². The molecular weight excluding hydrogens is 280 g/mol. The van der Waals surface area contributed by atoms with Crippen molar-refractivity contribution in [2.45, 2.75) is 19.4 Å². The van der Waals surface area contributed by atoms with E-state index in [2.05, 4.69) is 32.1 Å². The number of halogens is 1. The molecule has 0 fully saturated rings. The third kappa shape index (κ3) is 2.92. The Bertz CT molecular complexity index is 521. The fraction of sp³-hybridized carbons (Fsp3) is 0.333. The molecule has 0 saturated heterocycles. The van der Waals surface area contributed by atoms with Crippen molar-refractivity contribution in [1.29, 1.82) is 0 Å². The quantitative estimate of drug-likeness (QED) is 0.943. The maximum Gasteiger partial charge on any atom is 0.0596 e. The molecule has 4 nitrogen and oxygen atoms in total. The van der Waals surface area contributed by atoms with E-state index in [0.29, 0.717) is 0 Å². The molecule has 90 valence electrons. The van der Waals surface area contributed by atoms with Crippen molar-refractivity contribution < 1.29 is 0 Å². The molecule has 2 aromatic rings. The van der Waals surface area contributed by atoms with Crippen LogP contribution in [0.5, 0.6) is 0 Å². The first kappa shape index (κ1) is 12.3. The molecule has 0 amide bonds. The topological polar surface area (TPSA) is 56.7 Å². The van der Waals surface area contributed by atoms with Gasteiger partial charge in [-0.15, -0.1) is 0 Å². The fourth-order valence-corrected chi connectivity index (χ4v) is 2.21. The zero-order chi connectivity index (χ0) is 12.4. The minimum atomic E-state index is -0.0604. The van der Waals surface area contributed by atoms with Crippen LogP contribution in [0.3, 0.4) is 0 Å². The molecule has 0 bridgehead atoms. The predicted molar refractivity (Wildman–Crippen MR) is 70.5 cm³/mol. The third-order valence-electron chi connectivity index (χ3n) is 2.68. The summed E-state index contributed by atoms with van der Waals surface area (Å²) in [5.74, 6) is 0. The molecule has 1 atom stereocenters. The normalized spacial score (nSPS) is 12.7. The third-order valence-corrected chi connectivity index (χ3v) is 3.12. The van der Waals surface area contributed by atoms with Gasteiger partial charge in [-0.3, -0.25) is 9.67 Å². The first-order chi connectivity index (χ1) is 8.06. The van der Waals surface area contributed by atoms with Crippen molar-refractivity contribution in [3.63, 3.8) is 0 Å². The highest BCUT2D eigenvalue weighted by Gasteiger charge is 2.11. The summed E-state index contributed by atoms with van der Waals surface area (Å²) < 4.78 is 2.83. The monoisotopic (exact) mass is 294 g/mol. The Labute approximate surface area is 109 Å². The average molecular weight is 295 g/mol. The van der Waals surface area contributed by atoms with E-state index in [4.69, 9.17) is 5.73 Å². The van der Waals surface area contributed by atoms with Crippen LogP contribution in [0, 0.1) is 6.92 Å². The molecule has 2 rings (SSSR count). The van der Waals surface area contributed by atoms with Gasteiger partial charge < -0.3 is 5.73 Å². The number of nitrogens with two attached hydrogens (primary N) is 1. The van der Waals surface area contributed by atoms with E-state index >= 15 is 0 Å². The summed E-state index contributed by atoms with van der Waals surface area (Å²) in [5, 5.41) is 4.31. The molecule has 2 N–H and O–H groups in total. The van der Waals surface area contributed by atoms with Crippen molar-refractivity contribution >= 4 is 15.9 Å². The maximum atomic E-state index is 6.17. The Morgan fingerprint density at radius 2 is 2.18 bits per heavy atom. The Hall–Kier alpha value is -1.20. The van der Waals surface area contributed by atoms with Gasteiger partial charge in [0, 0.05) is 42.1 Å². The van der Waals surface area contributed by atoms with E-state index in [-0.39, 0.29) is 6.04 Å². The molecule has 0 aromatic carbocycles. The van der Waals surface area contributed by atoms with Gasteiger partial charge in [-0.1, -0.05) is 0 Å². The van der Waals surface area contributed by atoms with E-state index in [1.165, 1.54) is 0 Å². The molecule has 5 heteroatoms. The fourth-order valence-electron chi connectivity index (χ4n) is 1.83. The van der Waals surface area contributed by atoms with Crippen LogP contribution in [0.25, 0.3) is 0 Å². The van der Waals surface area contributed by atoms with Crippen LogP contribution in [0.15, 0.2) is 29.0 Å². The van der Waals surface area contributed by atoms with E-state index in [1.54, 1.807) is 12.4 Å². The average Bonchev–Trinajstić information content (AvgIpc) is 2.57. The highest BCUT2D eigenvalue weighted by Crippen LogP contribution is 2.18. The Balaban J connectivity index is 2.16. The molecule has 0 aliphatic rings.